The third kappa shape index (κ3) is 4.97. The fourth-order valence-electron chi connectivity index (χ4n) is 3.27. The highest BCUT2D eigenvalue weighted by atomic mass is 16.5. The molecule has 0 bridgehead atoms. The molecule has 2 aromatic carbocycles. The average Bonchev–Trinajstić information content (AvgIpc) is 2.72. The van der Waals surface area contributed by atoms with Crippen LogP contribution >= 0.6 is 0 Å². The zero-order chi connectivity index (χ0) is 19.9. The summed E-state index contributed by atoms with van der Waals surface area (Å²) in [6.07, 6.45) is 1.83. The van der Waals surface area contributed by atoms with Gasteiger partial charge < -0.3 is 15.0 Å². The van der Waals surface area contributed by atoms with Gasteiger partial charge in [0.15, 0.2) is 6.61 Å². The van der Waals surface area contributed by atoms with Crippen molar-refractivity contribution in [1.29, 1.82) is 0 Å². The molecule has 28 heavy (non-hydrogen) atoms. The van der Waals surface area contributed by atoms with Crippen LogP contribution in [-0.2, 0) is 20.7 Å². The second-order valence-electron chi connectivity index (χ2n) is 6.88. The second kappa shape index (κ2) is 9.17. The lowest BCUT2D eigenvalue weighted by atomic mass is 10.0. The van der Waals surface area contributed by atoms with Crippen molar-refractivity contribution in [3.8, 4) is 0 Å². The Balaban J connectivity index is 1.47. The second-order valence-corrected chi connectivity index (χ2v) is 6.88. The van der Waals surface area contributed by atoms with Crippen LogP contribution in [0.15, 0.2) is 54.6 Å². The Morgan fingerprint density at radius 1 is 1.07 bits per heavy atom. The number of para-hydroxylation sites is 1. The summed E-state index contributed by atoms with van der Waals surface area (Å²) in [6.45, 7) is 2.05. The van der Waals surface area contributed by atoms with Gasteiger partial charge in [0.1, 0.15) is 0 Å². The third-order valence-corrected chi connectivity index (χ3v) is 4.65. The van der Waals surface area contributed by atoms with E-state index in [1.165, 1.54) is 0 Å². The highest BCUT2D eigenvalue weighted by molar-refractivity contribution is 5.96. The molecule has 2 amide bonds. The summed E-state index contributed by atoms with van der Waals surface area (Å²) >= 11 is 0. The van der Waals surface area contributed by atoms with Crippen LogP contribution in [0.5, 0.6) is 0 Å². The Morgan fingerprint density at radius 3 is 2.57 bits per heavy atom. The first kappa shape index (κ1) is 19.6. The first-order valence-electron chi connectivity index (χ1n) is 9.44. The number of carbonyl (C=O) groups is 3. The van der Waals surface area contributed by atoms with Crippen molar-refractivity contribution in [2.45, 2.75) is 32.2 Å². The molecule has 0 aromatic heterocycles. The van der Waals surface area contributed by atoms with E-state index in [4.69, 9.17) is 4.74 Å². The summed E-state index contributed by atoms with van der Waals surface area (Å²) in [4.78, 5) is 38.3. The third-order valence-electron chi connectivity index (χ3n) is 4.65. The molecule has 0 aliphatic carbocycles. The summed E-state index contributed by atoms with van der Waals surface area (Å²) in [5, 5.41) is 2.76. The molecule has 3 rings (SSSR count). The normalized spacial score (nSPS) is 14.0. The molecule has 1 heterocycles. The van der Waals surface area contributed by atoms with Crippen molar-refractivity contribution in [2.24, 2.45) is 0 Å². The van der Waals surface area contributed by atoms with Crippen LogP contribution < -0.4 is 10.2 Å². The number of esters is 1. The predicted molar refractivity (Wildman–Crippen MR) is 106 cm³/mol. The largest absolute Gasteiger partial charge is 0.455 e. The number of amides is 2. The number of carbonyl (C=O) groups excluding carboxylic acids is 3. The topological polar surface area (TPSA) is 75.7 Å². The van der Waals surface area contributed by atoms with Gasteiger partial charge in [-0.3, -0.25) is 14.4 Å². The molecular formula is C22H24N2O4. The van der Waals surface area contributed by atoms with Crippen molar-refractivity contribution < 1.29 is 19.1 Å². The van der Waals surface area contributed by atoms with E-state index in [2.05, 4.69) is 5.32 Å². The minimum Gasteiger partial charge on any atom is -0.455 e. The highest BCUT2D eigenvalue weighted by Gasteiger charge is 2.23. The number of fused-ring (bicyclic) bond motifs is 1. The van der Waals surface area contributed by atoms with Crippen LogP contribution in [-0.4, -0.2) is 37.0 Å². The van der Waals surface area contributed by atoms with Crippen molar-refractivity contribution in [1.82, 2.24) is 5.32 Å². The molecule has 6 nitrogen and oxygen atoms in total. The molecular weight excluding hydrogens is 356 g/mol. The van der Waals surface area contributed by atoms with E-state index in [0.717, 1.165) is 24.1 Å². The van der Waals surface area contributed by atoms with E-state index in [9.17, 15) is 14.4 Å². The van der Waals surface area contributed by atoms with Crippen LogP contribution in [0.3, 0.4) is 0 Å². The monoisotopic (exact) mass is 380 g/mol. The van der Waals surface area contributed by atoms with Crippen LogP contribution in [0.25, 0.3) is 0 Å². The minimum absolute atomic E-state index is 0.00242. The molecule has 2 aromatic rings. The Morgan fingerprint density at radius 2 is 1.79 bits per heavy atom. The Bertz CT molecular complexity index is 851. The van der Waals surface area contributed by atoms with E-state index in [1.807, 2.05) is 30.3 Å². The minimum atomic E-state index is -0.514. The van der Waals surface area contributed by atoms with Crippen molar-refractivity contribution in [3.05, 3.63) is 65.7 Å². The van der Waals surface area contributed by atoms with Gasteiger partial charge in [-0.25, -0.2) is 0 Å². The fourth-order valence-corrected chi connectivity index (χ4v) is 3.27. The van der Waals surface area contributed by atoms with E-state index in [1.54, 1.807) is 36.1 Å². The van der Waals surface area contributed by atoms with Crippen LogP contribution in [0.1, 0.15) is 35.7 Å². The van der Waals surface area contributed by atoms with Gasteiger partial charge in [-0.2, -0.15) is 0 Å². The Labute approximate surface area is 164 Å². The lowest BCUT2D eigenvalue weighted by Gasteiger charge is -2.29. The summed E-state index contributed by atoms with van der Waals surface area (Å²) in [5.74, 6) is -0.997. The molecule has 1 atom stereocenters. The quantitative estimate of drug-likeness (QED) is 0.782. The predicted octanol–water partition coefficient (Wildman–Crippen LogP) is 2.72. The zero-order valence-electron chi connectivity index (χ0n) is 15.9. The molecule has 1 aliphatic rings. The molecule has 0 saturated heterocycles. The van der Waals surface area contributed by atoms with Gasteiger partial charge in [-0.15, -0.1) is 0 Å². The average molecular weight is 380 g/mol. The number of hydrogen-bond donors (Lipinski definition) is 1. The summed E-state index contributed by atoms with van der Waals surface area (Å²) in [5.41, 5.74) is 2.55. The van der Waals surface area contributed by atoms with Gasteiger partial charge in [-0.1, -0.05) is 36.4 Å². The number of anilines is 1. The van der Waals surface area contributed by atoms with Crippen LogP contribution in [0.4, 0.5) is 5.69 Å². The van der Waals surface area contributed by atoms with Crippen LogP contribution in [0.2, 0.25) is 0 Å². The van der Waals surface area contributed by atoms with Crippen LogP contribution in [0, 0.1) is 0 Å². The number of nitrogens with one attached hydrogen (secondary N) is 1. The highest BCUT2D eigenvalue weighted by Crippen LogP contribution is 2.26. The maximum absolute atomic E-state index is 12.5. The lowest BCUT2D eigenvalue weighted by molar-refractivity contribution is -0.148. The lowest BCUT2D eigenvalue weighted by Crippen LogP contribution is -2.39. The molecule has 0 fully saturated rings. The first-order chi connectivity index (χ1) is 13.5. The van der Waals surface area contributed by atoms with Gasteiger partial charge in [0.25, 0.3) is 11.8 Å². The molecule has 6 heteroatoms. The SMILES string of the molecule is CC(CC(=O)OCC(=O)N1CCCc2ccccc21)NC(=O)c1ccccc1. The first-order valence-corrected chi connectivity index (χ1v) is 9.44. The van der Waals surface area contributed by atoms with Gasteiger partial charge in [0.05, 0.1) is 6.42 Å². The summed E-state index contributed by atoms with van der Waals surface area (Å²) in [7, 11) is 0. The number of benzene rings is 2. The number of aryl methyl sites for hydroxylation is 1. The molecule has 0 radical (unpaired) electrons. The molecule has 1 unspecified atom stereocenters. The van der Waals surface area contributed by atoms with Gasteiger partial charge in [0, 0.05) is 23.8 Å². The number of rotatable bonds is 6. The zero-order valence-corrected chi connectivity index (χ0v) is 15.9. The smallest absolute Gasteiger partial charge is 0.308 e. The summed E-state index contributed by atoms with van der Waals surface area (Å²) in [6, 6.07) is 16.2. The van der Waals surface area contributed by atoms with E-state index in [0.29, 0.717) is 12.1 Å². The maximum atomic E-state index is 12.5. The van der Waals surface area contributed by atoms with Crippen molar-refractivity contribution in [2.75, 3.05) is 18.1 Å². The van der Waals surface area contributed by atoms with E-state index < -0.39 is 12.0 Å². The van der Waals surface area contributed by atoms with Crippen molar-refractivity contribution in [3.63, 3.8) is 0 Å². The summed E-state index contributed by atoms with van der Waals surface area (Å²) < 4.78 is 5.15. The molecule has 1 aliphatic heterocycles. The van der Waals surface area contributed by atoms with E-state index in [-0.39, 0.29) is 24.8 Å². The van der Waals surface area contributed by atoms with Crippen molar-refractivity contribution >= 4 is 23.5 Å². The van der Waals surface area contributed by atoms with E-state index >= 15 is 0 Å². The Hall–Kier alpha value is -3.15. The molecule has 146 valence electrons. The standard InChI is InChI=1S/C22H24N2O4/c1-16(23-22(27)18-9-3-2-4-10-18)14-21(26)28-15-20(25)24-13-7-11-17-8-5-6-12-19(17)24/h2-6,8-10,12,16H,7,11,13-15H2,1H3,(H,23,27). The Kier molecular flexibility index (Phi) is 6.42. The number of ether oxygens (including phenoxy) is 1. The fraction of sp³-hybridized carbons (Fsp3) is 0.318. The van der Waals surface area contributed by atoms with Gasteiger partial charge >= 0.3 is 5.97 Å². The number of nitrogens with zero attached hydrogens (tertiary/aromatic N) is 1. The molecule has 0 spiro atoms. The van der Waals surface area contributed by atoms with Gasteiger partial charge in [-0.05, 0) is 43.5 Å². The number of hydrogen-bond acceptors (Lipinski definition) is 4. The van der Waals surface area contributed by atoms with Gasteiger partial charge in [0.2, 0.25) is 0 Å². The molecule has 1 N–H and O–H groups in total. The maximum Gasteiger partial charge on any atom is 0.308 e. The molecule has 0 saturated carbocycles.